The molecule has 1 aromatic heterocycles. The van der Waals surface area contributed by atoms with E-state index < -0.39 is 5.41 Å². The second kappa shape index (κ2) is 4.70. The van der Waals surface area contributed by atoms with E-state index in [4.69, 9.17) is 10.7 Å². The molecule has 2 aliphatic rings. The topological polar surface area (TPSA) is 59.2 Å². The van der Waals surface area contributed by atoms with E-state index in [9.17, 15) is 4.79 Å². The molecule has 4 rings (SSSR count). The van der Waals surface area contributed by atoms with Crippen LogP contribution in [0.5, 0.6) is 0 Å². The zero-order chi connectivity index (χ0) is 15.3. The molecule has 22 heavy (non-hydrogen) atoms. The summed E-state index contributed by atoms with van der Waals surface area (Å²) >= 11 is 0. The van der Waals surface area contributed by atoms with Crippen LogP contribution >= 0.6 is 0 Å². The normalized spacial score (nSPS) is 19.6. The van der Waals surface area contributed by atoms with Crippen molar-refractivity contribution >= 4 is 22.5 Å². The summed E-state index contributed by atoms with van der Waals surface area (Å²) in [5.74, 6) is -0.209. The number of rotatable bonds is 3. The zero-order valence-corrected chi connectivity index (χ0v) is 12.9. The van der Waals surface area contributed by atoms with Crippen LogP contribution in [0.2, 0.25) is 0 Å². The third-order valence-electron chi connectivity index (χ3n) is 5.14. The number of anilines is 1. The zero-order valence-electron chi connectivity index (χ0n) is 12.9. The fourth-order valence-electron chi connectivity index (χ4n) is 3.66. The first kappa shape index (κ1) is 13.6. The van der Waals surface area contributed by atoms with E-state index in [1.807, 2.05) is 6.92 Å². The van der Waals surface area contributed by atoms with Crippen molar-refractivity contribution in [2.75, 3.05) is 18.0 Å². The lowest BCUT2D eigenvalue weighted by molar-refractivity contribution is -0.120. The number of pyridine rings is 1. The highest BCUT2D eigenvalue weighted by molar-refractivity contribution is 5.95. The molecule has 2 N–H and O–H groups in total. The highest BCUT2D eigenvalue weighted by Crippen LogP contribution is 2.48. The number of fused-ring (bicyclic) bond motifs is 1. The second-order valence-corrected chi connectivity index (χ2v) is 6.66. The van der Waals surface area contributed by atoms with Crippen molar-refractivity contribution in [2.45, 2.75) is 38.0 Å². The lowest BCUT2D eigenvalue weighted by Gasteiger charge is -2.21. The molecule has 4 nitrogen and oxygen atoms in total. The van der Waals surface area contributed by atoms with Crippen molar-refractivity contribution in [3.05, 3.63) is 35.5 Å². The van der Waals surface area contributed by atoms with Gasteiger partial charge in [0.1, 0.15) is 0 Å². The second-order valence-electron chi connectivity index (χ2n) is 6.66. The van der Waals surface area contributed by atoms with Gasteiger partial charge in [-0.25, -0.2) is 0 Å². The van der Waals surface area contributed by atoms with E-state index >= 15 is 0 Å². The highest BCUT2D eigenvalue weighted by Gasteiger charge is 2.50. The summed E-state index contributed by atoms with van der Waals surface area (Å²) in [6, 6.07) is 8.43. The Morgan fingerprint density at radius 1 is 1.23 bits per heavy atom. The first-order valence-corrected chi connectivity index (χ1v) is 8.07. The highest BCUT2D eigenvalue weighted by atomic mass is 16.1. The Bertz CT molecular complexity index is 758. The van der Waals surface area contributed by atoms with Gasteiger partial charge >= 0.3 is 0 Å². The molecule has 114 valence electrons. The third kappa shape index (κ3) is 1.97. The molecule has 1 aromatic carbocycles. The number of aromatic nitrogens is 1. The first-order chi connectivity index (χ1) is 10.6. The van der Waals surface area contributed by atoms with Crippen LogP contribution < -0.4 is 10.6 Å². The Morgan fingerprint density at radius 3 is 2.59 bits per heavy atom. The Hall–Kier alpha value is -2.10. The number of hydrogen-bond donors (Lipinski definition) is 1. The summed E-state index contributed by atoms with van der Waals surface area (Å²) in [7, 11) is 0. The van der Waals surface area contributed by atoms with E-state index in [1.165, 1.54) is 23.9 Å². The largest absolute Gasteiger partial charge is 0.371 e. The molecular formula is C18H21N3O. The van der Waals surface area contributed by atoms with Gasteiger partial charge in [0.2, 0.25) is 5.91 Å². The van der Waals surface area contributed by atoms with Crippen LogP contribution in [0, 0.1) is 6.92 Å². The van der Waals surface area contributed by atoms with Crippen LogP contribution in [0.3, 0.4) is 0 Å². The van der Waals surface area contributed by atoms with Gasteiger partial charge in [-0.15, -0.1) is 0 Å². The number of amides is 1. The van der Waals surface area contributed by atoms with Crippen molar-refractivity contribution in [3.8, 4) is 0 Å². The van der Waals surface area contributed by atoms with Gasteiger partial charge in [0, 0.05) is 29.9 Å². The Balaban J connectivity index is 1.85. The minimum atomic E-state index is -0.437. The maximum Gasteiger partial charge on any atom is 0.228 e. The minimum absolute atomic E-state index is 0.209. The SMILES string of the molecule is Cc1cc(N2CCCC2)c2ccc(C3(C(N)=O)CC3)cc2n1. The summed E-state index contributed by atoms with van der Waals surface area (Å²) in [4.78, 5) is 18.9. The quantitative estimate of drug-likeness (QED) is 0.947. The molecule has 1 aliphatic carbocycles. The number of primary amides is 1. The van der Waals surface area contributed by atoms with Gasteiger partial charge in [-0.1, -0.05) is 12.1 Å². The number of nitrogens with zero attached hydrogens (tertiary/aromatic N) is 2. The molecule has 0 spiro atoms. The molecular weight excluding hydrogens is 274 g/mol. The average molecular weight is 295 g/mol. The van der Waals surface area contributed by atoms with Gasteiger partial charge in [0.25, 0.3) is 0 Å². The molecule has 2 fully saturated rings. The average Bonchev–Trinajstić information content (AvgIpc) is 3.14. The molecule has 2 aromatic rings. The molecule has 1 amide bonds. The van der Waals surface area contributed by atoms with Crippen LogP contribution in [-0.4, -0.2) is 24.0 Å². The minimum Gasteiger partial charge on any atom is -0.371 e. The molecule has 1 saturated heterocycles. The standard InChI is InChI=1S/C18H21N3O/c1-12-10-16(21-8-2-3-9-21)14-5-4-13(11-15(14)20-12)18(6-7-18)17(19)22/h4-5,10-11H,2-3,6-9H2,1H3,(H2,19,22). The van der Waals surface area contributed by atoms with Gasteiger partial charge in [0.15, 0.2) is 0 Å². The predicted octanol–water partition coefficient (Wildman–Crippen LogP) is 2.66. The number of aryl methyl sites for hydroxylation is 1. The summed E-state index contributed by atoms with van der Waals surface area (Å²) in [5, 5.41) is 1.18. The molecule has 0 atom stereocenters. The van der Waals surface area contributed by atoms with Gasteiger partial charge in [-0.2, -0.15) is 0 Å². The monoisotopic (exact) mass is 295 g/mol. The number of nitrogens with two attached hydrogens (primary N) is 1. The molecule has 2 heterocycles. The van der Waals surface area contributed by atoms with Crippen molar-refractivity contribution in [3.63, 3.8) is 0 Å². The Labute approximate surface area is 130 Å². The van der Waals surface area contributed by atoms with Gasteiger partial charge in [0.05, 0.1) is 10.9 Å². The molecule has 1 aliphatic heterocycles. The van der Waals surface area contributed by atoms with E-state index in [2.05, 4.69) is 29.2 Å². The first-order valence-electron chi connectivity index (χ1n) is 8.07. The van der Waals surface area contributed by atoms with Crippen molar-refractivity contribution < 1.29 is 4.79 Å². The Morgan fingerprint density at radius 2 is 1.95 bits per heavy atom. The van der Waals surface area contributed by atoms with Crippen molar-refractivity contribution in [1.82, 2.24) is 4.98 Å². The number of carbonyl (C=O) groups is 1. The van der Waals surface area contributed by atoms with Crippen molar-refractivity contribution in [1.29, 1.82) is 0 Å². The lowest BCUT2D eigenvalue weighted by Crippen LogP contribution is -2.28. The van der Waals surface area contributed by atoms with Crippen LogP contribution in [0.1, 0.15) is 36.9 Å². The third-order valence-corrected chi connectivity index (χ3v) is 5.14. The maximum absolute atomic E-state index is 11.8. The molecule has 1 saturated carbocycles. The van der Waals surface area contributed by atoms with E-state index in [1.54, 1.807) is 0 Å². The molecule has 0 bridgehead atoms. The number of carbonyl (C=O) groups excluding carboxylic acids is 1. The summed E-state index contributed by atoms with van der Waals surface area (Å²) < 4.78 is 0. The smallest absolute Gasteiger partial charge is 0.228 e. The van der Waals surface area contributed by atoms with Crippen LogP contribution in [0.25, 0.3) is 10.9 Å². The molecule has 4 heteroatoms. The summed E-state index contributed by atoms with van der Waals surface area (Å²) in [6.07, 6.45) is 4.23. The van der Waals surface area contributed by atoms with E-state index in [0.29, 0.717) is 0 Å². The Kier molecular flexibility index (Phi) is 2.90. The van der Waals surface area contributed by atoms with Crippen molar-refractivity contribution in [2.24, 2.45) is 5.73 Å². The van der Waals surface area contributed by atoms with Gasteiger partial charge in [-0.3, -0.25) is 9.78 Å². The molecule has 0 radical (unpaired) electrons. The van der Waals surface area contributed by atoms with Crippen LogP contribution in [-0.2, 0) is 10.2 Å². The van der Waals surface area contributed by atoms with Gasteiger partial charge < -0.3 is 10.6 Å². The summed E-state index contributed by atoms with van der Waals surface area (Å²) in [6.45, 7) is 4.27. The number of benzene rings is 1. The van der Waals surface area contributed by atoms with E-state index in [-0.39, 0.29) is 5.91 Å². The van der Waals surface area contributed by atoms with E-state index in [0.717, 1.165) is 42.7 Å². The lowest BCUT2D eigenvalue weighted by atomic mass is 9.94. The predicted molar refractivity (Wildman–Crippen MR) is 88.0 cm³/mol. The fraction of sp³-hybridized carbons (Fsp3) is 0.444. The molecule has 0 unspecified atom stereocenters. The van der Waals surface area contributed by atoms with Crippen LogP contribution in [0.15, 0.2) is 24.3 Å². The number of hydrogen-bond acceptors (Lipinski definition) is 3. The summed E-state index contributed by atoms with van der Waals surface area (Å²) in [5.41, 5.74) is 9.47. The van der Waals surface area contributed by atoms with Crippen LogP contribution in [0.4, 0.5) is 5.69 Å². The fourth-order valence-corrected chi connectivity index (χ4v) is 3.66. The van der Waals surface area contributed by atoms with Gasteiger partial charge in [-0.05, 0) is 50.3 Å². The maximum atomic E-state index is 11.8.